The maximum Gasteiger partial charge on any atom is 0.383 e. The van der Waals surface area contributed by atoms with Crippen molar-refractivity contribution in [2.45, 2.75) is 0 Å². The zero-order valence-corrected chi connectivity index (χ0v) is 17.0. The Hall–Kier alpha value is -4.72. The smallest absolute Gasteiger partial charge is 0.383 e. The second-order valence-electron chi connectivity index (χ2n) is 7.38. The maximum atomic E-state index is 13.6. The first-order valence-electron chi connectivity index (χ1n) is 10.1. The van der Waals surface area contributed by atoms with Crippen LogP contribution >= 0.6 is 0 Å². The van der Waals surface area contributed by atoms with Crippen molar-refractivity contribution in [1.29, 1.82) is 0 Å². The number of aromatic nitrogens is 1. The molecule has 0 fully saturated rings. The Kier molecular flexibility index (Phi) is 4.13. The van der Waals surface area contributed by atoms with E-state index in [1.807, 2.05) is 6.07 Å². The van der Waals surface area contributed by atoms with E-state index < -0.39 is 22.7 Å². The van der Waals surface area contributed by atoms with Crippen molar-refractivity contribution in [2.75, 3.05) is 6.79 Å². The van der Waals surface area contributed by atoms with E-state index in [1.165, 1.54) is 10.6 Å². The number of fused-ring (bicyclic) bond motifs is 4. The molecule has 162 valence electrons. The van der Waals surface area contributed by atoms with E-state index in [4.69, 9.17) is 18.6 Å². The average molecular weight is 441 g/mol. The third kappa shape index (κ3) is 2.92. The predicted molar refractivity (Wildman–Crippen MR) is 120 cm³/mol. The summed E-state index contributed by atoms with van der Waals surface area (Å²) in [5, 5.41) is 11.4. The Morgan fingerprint density at radius 3 is 2.48 bits per heavy atom. The van der Waals surface area contributed by atoms with Crippen LogP contribution in [0.5, 0.6) is 28.7 Å². The molecule has 33 heavy (non-hydrogen) atoms. The van der Waals surface area contributed by atoms with Gasteiger partial charge in [0.25, 0.3) is 11.3 Å². The van der Waals surface area contributed by atoms with Gasteiger partial charge in [0.1, 0.15) is 11.1 Å². The molecule has 0 radical (unpaired) electrons. The lowest BCUT2D eigenvalue weighted by Gasteiger charge is -2.14. The van der Waals surface area contributed by atoms with Crippen molar-refractivity contribution in [3.05, 3.63) is 93.6 Å². The van der Waals surface area contributed by atoms with Crippen LogP contribution in [-0.4, -0.2) is 16.5 Å². The molecule has 5 aromatic rings. The van der Waals surface area contributed by atoms with E-state index in [2.05, 4.69) is 0 Å². The lowest BCUT2D eigenvalue weighted by molar-refractivity contribution is 0.174. The Morgan fingerprint density at radius 1 is 0.879 bits per heavy atom. The fourth-order valence-electron chi connectivity index (χ4n) is 3.96. The molecule has 1 aliphatic rings. The monoisotopic (exact) mass is 441 g/mol. The molecule has 1 aliphatic heterocycles. The van der Waals surface area contributed by atoms with Gasteiger partial charge in [0.05, 0.1) is 5.52 Å². The first-order valence-corrected chi connectivity index (χ1v) is 10.1. The molecule has 3 heterocycles. The first-order chi connectivity index (χ1) is 16.1. The van der Waals surface area contributed by atoms with Gasteiger partial charge in [0.2, 0.25) is 6.79 Å². The van der Waals surface area contributed by atoms with E-state index in [-0.39, 0.29) is 23.5 Å². The molecular weight excluding hydrogens is 426 g/mol. The number of para-hydroxylation sites is 2. The molecule has 0 aliphatic carbocycles. The first kappa shape index (κ1) is 19.0. The summed E-state index contributed by atoms with van der Waals surface area (Å²) < 4.78 is 23.2. The number of rotatable bonds is 3. The minimum atomic E-state index is -0.917. The van der Waals surface area contributed by atoms with Gasteiger partial charge in [-0.25, -0.2) is 4.79 Å². The van der Waals surface area contributed by atoms with Crippen molar-refractivity contribution in [3.63, 3.8) is 0 Å². The van der Waals surface area contributed by atoms with Crippen LogP contribution in [0.2, 0.25) is 0 Å². The van der Waals surface area contributed by atoms with Crippen LogP contribution in [0.3, 0.4) is 0 Å². The van der Waals surface area contributed by atoms with Gasteiger partial charge in [0, 0.05) is 17.1 Å². The molecule has 0 atom stereocenters. The van der Waals surface area contributed by atoms with Crippen molar-refractivity contribution < 1.29 is 23.7 Å². The maximum absolute atomic E-state index is 13.6. The molecule has 0 saturated heterocycles. The SMILES string of the molecule is O=c1oc2c(c(O)c1Oc1ccc3c(c1)OCO3)c(=O)n(-c1ccccc1)c1ccccc21. The summed E-state index contributed by atoms with van der Waals surface area (Å²) in [7, 11) is 0. The molecule has 0 saturated carbocycles. The summed E-state index contributed by atoms with van der Waals surface area (Å²) in [6, 6.07) is 20.7. The fourth-order valence-corrected chi connectivity index (χ4v) is 3.96. The van der Waals surface area contributed by atoms with E-state index in [0.29, 0.717) is 28.1 Å². The van der Waals surface area contributed by atoms with E-state index in [9.17, 15) is 14.7 Å². The minimum Gasteiger partial charge on any atom is -0.503 e. The van der Waals surface area contributed by atoms with Gasteiger partial charge in [0.15, 0.2) is 22.8 Å². The van der Waals surface area contributed by atoms with E-state index in [0.717, 1.165) is 0 Å². The highest BCUT2D eigenvalue weighted by molar-refractivity contribution is 6.05. The van der Waals surface area contributed by atoms with Gasteiger partial charge in [-0.3, -0.25) is 9.36 Å². The number of hydrogen-bond donors (Lipinski definition) is 1. The van der Waals surface area contributed by atoms with Gasteiger partial charge in [-0.1, -0.05) is 30.3 Å². The predicted octanol–water partition coefficient (Wildman–Crippen LogP) is 4.32. The lowest BCUT2D eigenvalue weighted by atomic mass is 10.1. The fraction of sp³-hybridized carbons (Fsp3) is 0.0400. The highest BCUT2D eigenvalue weighted by Gasteiger charge is 2.24. The van der Waals surface area contributed by atoms with Crippen molar-refractivity contribution in [2.24, 2.45) is 0 Å². The molecule has 2 aromatic heterocycles. The van der Waals surface area contributed by atoms with Crippen molar-refractivity contribution in [3.8, 4) is 34.4 Å². The average Bonchev–Trinajstić information content (AvgIpc) is 3.30. The number of pyridine rings is 1. The van der Waals surface area contributed by atoms with Gasteiger partial charge in [-0.05, 0) is 36.4 Å². The normalized spacial score (nSPS) is 12.4. The number of benzene rings is 3. The van der Waals surface area contributed by atoms with Crippen LogP contribution < -0.4 is 25.4 Å². The van der Waals surface area contributed by atoms with E-state index in [1.54, 1.807) is 60.7 Å². The molecule has 3 aromatic carbocycles. The topological polar surface area (TPSA) is 100 Å². The number of hydrogen-bond acceptors (Lipinski definition) is 7. The Balaban J connectivity index is 1.63. The number of nitrogens with zero attached hydrogens (tertiary/aromatic N) is 1. The molecule has 1 N–H and O–H groups in total. The third-order valence-corrected chi connectivity index (χ3v) is 5.44. The molecule has 6 rings (SSSR count). The number of aromatic hydroxyl groups is 1. The summed E-state index contributed by atoms with van der Waals surface area (Å²) in [5.41, 5.74) is -0.340. The summed E-state index contributed by atoms with van der Waals surface area (Å²) >= 11 is 0. The van der Waals surface area contributed by atoms with Crippen LogP contribution in [-0.2, 0) is 0 Å². The highest BCUT2D eigenvalue weighted by Crippen LogP contribution is 2.39. The molecule has 0 amide bonds. The summed E-state index contributed by atoms with van der Waals surface area (Å²) in [5.74, 6) is 0.0991. The lowest BCUT2D eigenvalue weighted by Crippen LogP contribution is -2.20. The zero-order chi connectivity index (χ0) is 22.5. The second kappa shape index (κ2) is 7.16. The molecule has 0 unspecified atom stereocenters. The van der Waals surface area contributed by atoms with Crippen molar-refractivity contribution in [1.82, 2.24) is 4.57 Å². The van der Waals surface area contributed by atoms with Crippen LogP contribution in [0.4, 0.5) is 0 Å². The summed E-state index contributed by atoms with van der Waals surface area (Å²) in [4.78, 5) is 26.4. The minimum absolute atomic E-state index is 0.0108. The Labute approximate surface area is 185 Å². The van der Waals surface area contributed by atoms with Gasteiger partial charge in [-0.15, -0.1) is 0 Å². The van der Waals surface area contributed by atoms with Gasteiger partial charge < -0.3 is 23.7 Å². The largest absolute Gasteiger partial charge is 0.503 e. The Bertz CT molecular complexity index is 1670. The zero-order valence-electron chi connectivity index (χ0n) is 17.0. The third-order valence-electron chi connectivity index (χ3n) is 5.44. The molecule has 8 heteroatoms. The van der Waals surface area contributed by atoms with Crippen LogP contribution in [0.25, 0.3) is 27.6 Å². The van der Waals surface area contributed by atoms with Crippen LogP contribution in [0, 0.1) is 0 Å². The van der Waals surface area contributed by atoms with Gasteiger partial charge >= 0.3 is 5.63 Å². The second-order valence-corrected chi connectivity index (χ2v) is 7.38. The van der Waals surface area contributed by atoms with Crippen LogP contribution in [0.15, 0.2) is 86.8 Å². The standard InChI is InChI=1S/C25H15NO7/c27-21-20-22(33-25(29)23(21)32-15-10-11-18-19(12-15)31-13-30-18)16-8-4-5-9-17(16)26(24(20)28)14-6-2-1-3-7-14/h1-12,27H,13H2. The molecular formula is C25H15NO7. The molecule has 0 spiro atoms. The summed E-state index contributed by atoms with van der Waals surface area (Å²) in [6.45, 7) is 0.0776. The van der Waals surface area contributed by atoms with Gasteiger partial charge in [-0.2, -0.15) is 0 Å². The summed E-state index contributed by atoms with van der Waals surface area (Å²) in [6.07, 6.45) is 0. The van der Waals surface area contributed by atoms with Crippen molar-refractivity contribution >= 4 is 21.9 Å². The highest BCUT2D eigenvalue weighted by atomic mass is 16.7. The van der Waals surface area contributed by atoms with Crippen LogP contribution in [0.1, 0.15) is 0 Å². The number of ether oxygens (including phenoxy) is 3. The van der Waals surface area contributed by atoms with E-state index >= 15 is 0 Å². The molecule has 8 nitrogen and oxygen atoms in total. The molecule has 0 bridgehead atoms. The quantitative estimate of drug-likeness (QED) is 0.416. The Morgan fingerprint density at radius 2 is 1.64 bits per heavy atom.